The number of carbonyl (C=O) groups excluding carboxylic acids is 1. The zero-order valence-electron chi connectivity index (χ0n) is 31.5. The van der Waals surface area contributed by atoms with Gasteiger partial charge >= 0.3 is 0 Å². The number of rotatable bonds is 37. The van der Waals surface area contributed by atoms with Gasteiger partial charge in [0.1, 0.15) is 18.4 Å². The summed E-state index contributed by atoms with van der Waals surface area (Å²) in [5.41, 5.74) is 0. The molecule has 0 aliphatic rings. The molecule has 0 spiro atoms. The molecule has 0 saturated heterocycles. The number of unbranched alkanes of at least 4 members (excludes halogenated alkanes) is 29. The van der Waals surface area contributed by atoms with E-state index in [0.29, 0.717) is 19.4 Å². The zero-order valence-corrected chi connectivity index (χ0v) is 32.3. The number of halogens is 1. The lowest BCUT2D eigenvalue weighted by Crippen LogP contribution is -3.00. The molecule has 0 aliphatic carbocycles. The maximum Gasteiger partial charge on any atom is 0.135 e. The van der Waals surface area contributed by atoms with Crippen molar-refractivity contribution in [1.82, 2.24) is 0 Å². The van der Waals surface area contributed by atoms with Crippen molar-refractivity contribution in [2.75, 3.05) is 27.2 Å². The molecule has 0 amide bonds. The number of aliphatic hydroxyl groups excluding tert-OH is 1. The Morgan fingerprint density at radius 3 is 1.04 bits per heavy atom. The summed E-state index contributed by atoms with van der Waals surface area (Å²) in [5, 5.41) is 10.6. The second-order valence-corrected chi connectivity index (χ2v) is 15.2. The van der Waals surface area contributed by atoms with E-state index in [1.807, 2.05) is 0 Å². The molecule has 0 aromatic carbocycles. The van der Waals surface area contributed by atoms with E-state index in [-0.39, 0.29) is 18.2 Å². The van der Waals surface area contributed by atoms with Gasteiger partial charge in [0, 0.05) is 12.8 Å². The third-order valence-electron chi connectivity index (χ3n) is 9.84. The molecule has 272 valence electrons. The highest BCUT2D eigenvalue weighted by molar-refractivity contribution is 5.78. The number of hydrogen-bond donors (Lipinski definition) is 1. The van der Waals surface area contributed by atoms with Gasteiger partial charge in [-0.05, 0) is 19.3 Å². The normalized spacial score (nSPS) is 12.4. The van der Waals surface area contributed by atoms with Gasteiger partial charge in [-0.15, -0.1) is 0 Å². The van der Waals surface area contributed by atoms with Crippen LogP contribution >= 0.6 is 0 Å². The van der Waals surface area contributed by atoms with Gasteiger partial charge in [0.25, 0.3) is 0 Å². The van der Waals surface area contributed by atoms with E-state index in [1.54, 1.807) is 0 Å². The van der Waals surface area contributed by atoms with Crippen LogP contribution in [0.5, 0.6) is 0 Å². The standard InChI is InChI=1S/C41H84NO2.ClH/c1-5-7-9-11-13-15-17-19-21-23-25-27-29-31-33-35-37-42(3,4)39-41(44)38-40(43)36-34-32-30-28-26-24-22-20-18-16-14-12-10-8-6-2;/h41,44H,5-39H2,1-4H3;1H/q+1;/p-1. The molecule has 4 heteroatoms. The van der Waals surface area contributed by atoms with Crippen molar-refractivity contribution in [3.63, 3.8) is 0 Å². The molecule has 1 atom stereocenters. The van der Waals surface area contributed by atoms with Crippen LogP contribution in [0.4, 0.5) is 0 Å². The number of likely N-dealkylation sites (N-methyl/N-ethyl adjacent to an activating group) is 1. The average Bonchev–Trinajstić information content (AvgIpc) is 2.98. The molecule has 3 nitrogen and oxygen atoms in total. The van der Waals surface area contributed by atoms with E-state index < -0.39 is 6.10 Å². The number of nitrogens with zero attached hydrogens (tertiary/aromatic N) is 1. The second kappa shape index (κ2) is 36.7. The van der Waals surface area contributed by atoms with Crippen LogP contribution in [-0.4, -0.2) is 48.7 Å². The van der Waals surface area contributed by atoms with E-state index in [9.17, 15) is 9.90 Å². The topological polar surface area (TPSA) is 37.3 Å². The van der Waals surface area contributed by atoms with Gasteiger partial charge in [0.05, 0.1) is 20.6 Å². The quantitative estimate of drug-likeness (QED) is 0.0533. The SMILES string of the molecule is CCCCCCCCCCCCCCCCCC[N+](C)(C)CC(O)CC(=O)CCCCCCCCCCCCCCCCC.[Cl-]. The van der Waals surface area contributed by atoms with E-state index in [4.69, 9.17) is 0 Å². The van der Waals surface area contributed by atoms with Gasteiger partial charge in [-0.25, -0.2) is 0 Å². The third kappa shape index (κ3) is 38.2. The van der Waals surface area contributed by atoms with Gasteiger partial charge in [-0.3, -0.25) is 4.79 Å². The Kier molecular flexibility index (Phi) is 38.3. The third-order valence-corrected chi connectivity index (χ3v) is 9.84. The summed E-state index contributed by atoms with van der Waals surface area (Å²) < 4.78 is 0.825. The number of carbonyl (C=O) groups is 1. The van der Waals surface area contributed by atoms with Crippen molar-refractivity contribution < 1.29 is 26.8 Å². The molecular formula is C41H84ClNO2. The molecule has 1 unspecified atom stereocenters. The lowest BCUT2D eigenvalue weighted by Gasteiger charge is -2.31. The number of hydrogen-bond acceptors (Lipinski definition) is 2. The van der Waals surface area contributed by atoms with Crippen molar-refractivity contribution in [2.45, 2.75) is 232 Å². The molecule has 0 heterocycles. The molecule has 0 saturated carbocycles. The van der Waals surface area contributed by atoms with Gasteiger partial charge in [-0.2, -0.15) is 0 Å². The molecule has 0 aromatic rings. The highest BCUT2D eigenvalue weighted by Gasteiger charge is 2.22. The molecule has 0 aromatic heterocycles. The van der Waals surface area contributed by atoms with Crippen molar-refractivity contribution in [3.8, 4) is 0 Å². The molecule has 0 rings (SSSR count). The van der Waals surface area contributed by atoms with Crippen LogP contribution in [0, 0.1) is 0 Å². The fourth-order valence-corrected chi connectivity index (χ4v) is 6.87. The second-order valence-electron chi connectivity index (χ2n) is 15.2. The van der Waals surface area contributed by atoms with Crippen LogP contribution in [0.3, 0.4) is 0 Å². The minimum absolute atomic E-state index is 0. The van der Waals surface area contributed by atoms with Crippen LogP contribution in [0.1, 0.15) is 226 Å². The summed E-state index contributed by atoms with van der Waals surface area (Å²) in [7, 11) is 4.43. The summed E-state index contributed by atoms with van der Waals surface area (Å²) >= 11 is 0. The lowest BCUT2D eigenvalue weighted by molar-refractivity contribution is -0.893. The van der Waals surface area contributed by atoms with E-state index >= 15 is 0 Å². The largest absolute Gasteiger partial charge is 1.00 e. The molecule has 0 radical (unpaired) electrons. The first kappa shape index (κ1) is 47.0. The molecule has 45 heavy (non-hydrogen) atoms. The van der Waals surface area contributed by atoms with Gasteiger partial charge in [-0.1, -0.05) is 194 Å². The average molecular weight is 659 g/mol. The molecular weight excluding hydrogens is 574 g/mol. The Morgan fingerprint density at radius 2 is 0.733 bits per heavy atom. The van der Waals surface area contributed by atoms with Gasteiger partial charge in [0.2, 0.25) is 0 Å². The van der Waals surface area contributed by atoms with Crippen LogP contribution < -0.4 is 12.4 Å². The molecule has 0 aliphatic heterocycles. The number of quaternary nitrogens is 1. The summed E-state index contributed by atoms with van der Waals surface area (Å²) in [4.78, 5) is 12.4. The Hall–Kier alpha value is -0.120. The first-order chi connectivity index (χ1) is 21.4. The summed E-state index contributed by atoms with van der Waals surface area (Å²) in [6, 6.07) is 0. The minimum atomic E-state index is -0.491. The predicted octanol–water partition coefficient (Wildman–Crippen LogP) is 9.91. The van der Waals surface area contributed by atoms with Crippen LogP contribution in [-0.2, 0) is 4.79 Å². The summed E-state index contributed by atoms with van der Waals surface area (Å²) in [6.07, 6.45) is 43.1. The number of ketones is 1. The fourth-order valence-electron chi connectivity index (χ4n) is 6.87. The van der Waals surface area contributed by atoms with Crippen molar-refractivity contribution in [2.24, 2.45) is 0 Å². The fraction of sp³-hybridized carbons (Fsp3) is 0.976. The minimum Gasteiger partial charge on any atom is -1.00 e. The number of Topliss-reactive ketones (excluding diaryl/α,β-unsaturated/α-hetero) is 1. The van der Waals surface area contributed by atoms with Gasteiger partial charge in [0.15, 0.2) is 0 Å². The Balaban J connectivity index is 0. The van der Waals surface area contributed by atoms with E-state index in [1.165, 1.54) is 193 Å². The van der Waals surface area contributed by atoms with Crippen molar-refractivity contribution >= 4 is 5.78 Å². The first-order valence-corrected chi connectivity index (χ1v) is 20.4. The van der Waals surface area contributed by atoms with Crippen LogP contribution in [0.2, 0.25) is 0 Å². The Labute approximate surface area is 290 Å². The molecule has 1 N–H and O–H groups in total. The zero-order chi connectivity index (χ0) is 32.4. The van der Waals surface area contributed by atoms with E-state index in [2.05, 4.69) is 27.9 Å². The lowest BCUT2D eigenvalue weighted by atomic mass is 10.0. The van der Waals surface area contributed by atoms with Crippen LogP contribution in [0.25, 0.3) is 0 Å². The summed E-state index contributed by atoms with van der Waals surface area (Å²) in [6.45, 7) is 6.38. The maximum absolute atomic E-state index is 12.4. The van der Waals surface area contributed by atoms with Crippen LogP contribution in [0.15, 0.2) is 0 Å². The van der Waals surface area contributed by atoms with Gasteiger partial charge < -0.3 is 22.0 Å². The maximum atomic E-state index is 12.4. The monoisotopic (exact) mass is 658 g/mol. The van der Waals surface area contributed by atoms with Crippen molar-refractivity contribution in [1.29, 1.82) is 0 Å². The number of aliphatic hydroxyl groups is 1. The molecule has 0 bridgehead atoms. The molecule has 0 fully saturated rings. The highest BCUT2D eigenvalue weighted by Crippen LogP contribution is 2.16. The van der Waals surface area contributed by atoms with E-state index in [0.717, 1.165) is 17.4 Å². The summed E-state index contributed by atoms with van der Waals surface area (Å²) in [5.74, 6) is 0.259. The first-order valence-electron chi connectivity index (χ1n) is 20.4. The Morgan fingerprint density at radius 1 is 0.467 bits per heavy atom. The van der Waals surface area contributed by atoms with Crippen molar-refractivity contribution in [3.05, 3.63) is 0 Å². The predicted molar refractivity (Wildman–Crippen MR) is 197 cm³/mol. The highest BCUT2D eigenvalue weighted by atomic mass is 35.5. The smallest absolute Gasteiger partial charge is 0.135 e. The Bertz CT molecular complexity index is 582.